The zero-order valence-electron chi connectivity index (χ0n) is 7.27. The maximum atomic E-state index is 9.80. The van der Waals surface area contributed by atoms with Crippen LogP contribution < -0.4 is 0 Å². The van der Waals surface area contributed by atoms with E-state index >= 15 is 0 Å². The van der Waals surface area contributed by atoms with Gasteiger partial charge in [0, 0.05) is 40.1 Å². The number of hydrogen-bond acceptors (Lipinski definition) is 1. The van der Waals surface area contributed by atoms with E-state index in [-0.39, 0.29) is 42.4 Å². The van der Waals surface area contributed by atoms with Gasteiger partial charge in [-0.3, -0.25) is 4.79 Å². The van der Waals surface area contributed by atoms with Crippen molar-refractivity contribution in [3.05, 3.63) is 0 Å². The Kier molecular flexibility index (Phi) is 4.03. The molecule has 0 unspecified atom stereocenters. The molecule has 1 radical (unpaired) electrons. The standard InChI is InChI=1S/C4H8O2.Na/c1-2-3-4(5)6;/h2-3H2,1H3,(H,5,6);/i1D3;. The van der Waals surface area contributed by atoms with Crippen LogP contribution in [0, 0.1) is 0 Å². The molecule has 0 amide bonds. The summed E-state index contributed by atoms with van der Waals surface area (Å²) in [6, 6.07) is 0. The predicted molar refractivity (Wildman–Crippen MR) is 28.3 cm³/mol. The number of aliphatic carboxylic acids is 1. The van der Waals surface area contributed by atoms with Crippen LogP contribution in [-0.4, -0.2) is 40.6 Å². The van der Waals surface area contributed by atoms with E-state index in [0.29, 0.717) is 0 Å². The number of carboxylic acid groups (broad SMARTS) is 1. The second-order valence-electron chi connectivity index (χ2n) is 0.894. The molecule has 0 saturated carbocycles. The summed E-state index contributed by atoms with van der Waals surface area (Å²) in [5.41, 5.74) is 0. The summed E-state index contributed by atoms with van der Waals surface area (Å²) in [7, 11) is 0. The van der Waals surface area contributed by atoms with Crippen LogP contribution in [0.25, 0.3) is 0 Å². The smallest absolute Gasteiger partial charge is 0.303 e. The van der Waals surface area contributed by atoms with Crippen LogP contribution in [0.15, 0.2) is 0 Å². The third-order valence-electron chi connectivity index (χ3n) is 0.339. The first-order valence-electron chi connectivity index (χ1n) is 3.13. The van der Waals surface area contributed by atoms with Gasteiger partial charge in [-0.25, -0.2) is 0 Å². The van der Waals surface area contributed by atoms with E-state index in [1.807, 2.05) is 0 Å². The molecule has 3 heteroatoms. The minimum absolute atomic E-state index is 0. The van der Waals surface area contributed by atoms with Crippen LogP contribution in [0.5, 0.6) is 0 Å². The van der Waals surface area contributed by atoms with Gasteiger partial charge in [-0.2, -0.15) is 0 Å². The Balaban J connectivity index is 0. The summed E-state index contributed by atoms with van der Waals surface area (Å²) in [5.74, 6) is -1.06. The maximum absolute atomic E-state index is 9.80. The molecule has 2 nitrogen and oxygen atoms in total. The first kappa shape index (κ1) is 4.36. The molecule has 0 aliphatic rings. The van der Waals surface area contributed by atoms with Gasteiger partial charge in [0.25, 0.3) is 0 Å². The fraction of sp³-hybridized carbons (Fsp3) is 0.750. The molecule has 1 N–H and O–H groups in total. The van der Waals surface area contributed by atoms with E-state index in [1.54, 1.807) is 0 Å². The summed E-state index contributed by atoms with van der Waals surface area (Å²) < 4.78 is 19.8. The summed E-state index contributed by atoms with van der Waals surface area (Å²) in [4.78, 5) is 9.80. The van der Waals surface area contributed by atoms with Gasteiger partial charge < -0.3 is 5.11 Å². The number of hydrogen-bond donors (Lipinski definition) is 1. The molecule has 0 aromatic heterocycles. The Bertz CT molecular complexity index is 112. The second kappa shape index (κ2) is 6.47. The molecule has 0 rings (SSSR count). The van der Waals surface area contributed by atoms with Crippen LogP contribution in [0.2, 0.25) is 0 Å². The van der Waals surface area contributed by atoms with Crippen molar-refractivity contribution < 1.29 is 14.0 Å². The van der Waals surface area contributed by atoms with Crippen molar-refractivity contribution in [3.63, 3.8) is 0 Å². The van der Waals surface area contributed by atoms with E-state index in [9.17, 15) is 4.79 Å². The predicted octanol–water partition coefficient (Wildman–Crippen LogP) is 0.490. The van der Waals surface area contributed by atoms with Crippen molar-refractivity contribution in [1.82, 2.24) is 0 Å². The summed E-state index contributed by atoms with van der Waals surface area (Å²) >= 11 is 0. The second-order valence-corrected chi connectivity index (χ2v) is 0.894. The molecule has 0 spiro atoms. The van der Waals surface area contributed by atoms with Crippen molar-refractivity contribution in [1.29, 1.82) is 0 Å². The molecule has 0 aliphatic carbocycles. The third-order valence-corrected chi connectivity index (χ3v) is 0.339. The van der Waals surface area contributed by atoms with E-state index in [4.69, 9.17) is 9.22 Å². The summed E-state index contributed by atoms with van der Waals surface area (Å²) in [5, 5.41) is 8.03. The summed E-state index contributed by atoms with van der Waals surface area (Å²) in [6.45, 7) is -2.10. The molecule has 37 valence electrons. The average Bonchev–Trinajstić information content (AvgIpc) is 1.59. The van der Waals surface area contributed by atoms with Gasteiger partial charge >= 0.3 is 5.97 Å². The Morgan fingerprint density at radius 3 is 2.71 bits per heavy atom. The van der Waals surface area contributed by atoms with Crippen molar-refractivity contribution in [2.24, 2.45) is 0 Å². The largest absolute Gasteiger partial charge is 0.481 e. The topological polar surface area (TPSA) is 37.3 Å². The first-order valence-corrected chi connectivity index (χ1v) is 1.63. The molecule has 0 heterocycles. The first-order chi connectivity index (χ1) is 3.92. The van der Waals surface area contributed by atoms with Gasteiger partial charge in [-0.1, -0.05) is 6.85 Å². The molecule has 0 aliphatic heterocycles. The van der Waals surface area contributed by atoms with Crippen molar-refractivity contribution in [2.75, 3.05) is 0 Å². The molecule has 0 atom stereocenters. The molecular weight excluding hydrogens is 103 g/mol. The van der Waals surface area contributed by atoms with Crippen molar-refractivity contribution in [3.8, 4) is 0 Å². The average molecular weight is 114 g/mol. The zero-order valence-corrected chi connectivity index (χ0v) is 6.27. The fourth-order valence-electron chi connectivity index (χ4n) is 0.107. The maximum Gasteiger partial charge on any atom is 0.303 e. The molecule has 0 aromatic rings. The SMILES string of the molecule is [2H]C([2H])([2H])CCC(=O)O.[Na]. The molecule has 0 fully saturated rings. The van der Waals surface area contributed by atoms with Gasteiger partial charge in [0.2, 0.25) is 0 Å². The van der Waals surface area contributed by atoms with Crippen LogP contribution in [-0.2, 0) is 4.79 Å². The fourth-order valence-corrected chi connectivity index (χ4v) is 0.107. The summed E-state index contributed by atoms with van der Waals surface area (Å²) in [6.07, 6.45) is -0.529. The molecule has 0 bridgehead atoms. The quantitative estimate of drug-likeness (QED) is 0.530. The van der Waals surface area contributed by atoms with E-state index in [0.717, 1.165) is 0 Å². The normalized spacial score (nSPS) is 15.1. The minimum Gasteiger partial charge on any atom is -0.481 e. The van der Waals surface area contributed by atoms with Crippen LogP contribution in [0.1, 0.15) is 23.8 Å². The Morgan fingerprint density at radius 2 is 2.57 bits per heavy atom. The zero-order chi connectivity index (χ0) is 7.49. The van der Waals surface area contributed by atoms with E-state index in [1.165, 1.54) is 0 Å². The number of carboxylic acids is 1. The minimum atomic E-state index is -2.10. The van der Waals surface area contributed by atoms with Gasteiger partial charge in [0.1, 0.15) is 0 Å². The molecular formula is C4H8NaO2. The van der Waals surface area contributed by atoms with Crippen LogP contribution >= 0.6 is 0 Å². The van der Waals surface area contributed by atoms with Crippen LogP contribution in [0.4, 0.5) is 0 Å². The van der Waals surface area contributed by atoms with Gasteiger partial charge in [0.05, 0.1) is 0 Å². The third kappa shape index (κ3) is 10.7. The Labute approximate surface area is 69.4 Å². The molecule has 7 heavy (non-hydrogen) atoms. The monoisotopic (exact) mass is 114 g/mol. The Hall–Kier alpha value is 0.470. The molecule has 0 aromatic carbocycles. The van der Waals surface area contributed by atoms with Crippen LogP contribution in [0.3, 0.4) is 0 Å². The number of carbonyl (C=O) groups is 1. The number of rotatable bonds is 2. The Morgan fingerprint density at radius 1 is 2.00 bits per heavy atom. The van der Waals surface area contributed by atoms with E-state index < -0.39 is 12.8 Å². The van der Waals surface area contributed by atoms with Gasteiger partial charge in [-0.05, 0) is 6.42 Å². The van der Waals surface area contributed by atoms with Crippen molar-refractivity contribution in [2.45, 2.75) is 19.7 Å². The van der Waals surface area contributed by atoms with Gasteiger partial charge in [-0.15, -0.1) is 0 Å². The molecule has 0 saturated heterocycles. The van der Waals surface area contributed by atoms with Gasteiger partial charge in [0.15, 0.2) is 0 Å². The van der Waals surface area contributed by atoms with E-state index in [2.05, 4.69) is 0 Å². The van der Waals surface area contributed by atoms with Crippen molar-refractivity contribution >= 4 is 35.5 Å².